The Labute approximate surface area is 193 Å². The van der Waals surface area contributed by atoms with Gasteiger partial charge in [0.05, 0.1) is 5.69 Å². The number of amides is 1. The van der Waals surface area contributed by atoms with E-state index >= 15 is 0 Å². The number of nitrogens with zero attached hydrogens (tertiary/aromatic N) is 4. The molecule has 0 bridgehead atoms. The fourth-order valence-electron chi connectivity index (χ4n) is 3.39. The van der Waals surface area contributed by atoms with E-state index in [1.54, 1.807) is 24.3 Å². The first-order valence-corrected chi connectivity index (χ1v) is 11.2. The fourth-order valence-corrected chi connectivity index (χ4v) is 4.10. The van der Waals surface area contributed by atoms with Gasteiger partial charge in [0, 0.05) is 30.0 Å². The van der Waals surface area contributed by atoms with Crippen molar-refractivity contribution in [2.45, 2.75) is 32.2 Å². The Morgan fingerprint density at radius 2 is 1.97 bits per heavy atom. The monoisotopic (exact) mass is 470 g/mol. The van der Waals surface area contributed by atoms with E-state index in [0.29, 0.717) is 32.7 Å². The van der Waals surface area contributed by atoms with Crippen molar-refractivity contribution >= 4 is 40.9 Å². The molecule has 1 aromatic heterocycles. The van der Waals surface area contributed by atoms with Crippen LogP contribution in [0, 0.1) is 0 Å². The number of fused-ring (bicyclic) bond motifs is 3. The second-order valence-electron chi connectivity index (χ2n) is 6.83. The van der Waals surface area contributed by atoms with Gasteiger partial charge in [0.25, 0.3) is 0 Å². The summed E-state index contributed by atoms with van der Waals surface area (Å²) in [5.74, 6) is 0.518. The summed E-state index contributed by atoms with van der Waals surface area (Å²) in [6.07, 6.45) is -0.978. The summed E-state index contributed by atoms with van der Waals surface area (Å²) in [5.41, 5.74) is 2.08. The largest absolute Gasteiger partial charge is 0.447 e. The highest BCUT2D eigenvalue weighted by atomic mass is 35.5. The number of benzene rings is 2. The van der Waals surface area contributed by atoms with Gasteiger partial charge in [-0.2, -0.15) is 4.98 Å². The Balaban J connectivity index is 1.94. The smallest absolute Gasteiger partial charge is 0.308 e. The average Bonchev–Trinajstić information content (AvgIpc) is 2.89. The number of rotatable bonds is 4. The van der Waals surface area contributed by atoms with E-state index < -0.39 is 12.2 Å². The molecule has 1 amide bonds. The van der Waals surface area contributed by atoms with E-state index in [4.69, 9.17) is 21.1 Å². The molecule has 164 valence electrons. The molecule has 0 N–H and O–H groups in total. The molecule has 0 unspecified atom stereocenters. The average molecular weight is 471 g/mol. The maximum absolute atomic E-state index is 12.8. The minimum absolute atomic E-state index is 0.228. The lowest BCUT2D eigenvalue weighted by Gasteiger charge is -2.30. The summed E-state index contributed by atoms with van der Waals surface area (Å²) < 4.78 is 11.5. The maximum atomic E-state index is 12.8. The molecule has 8 nitrogen and oxygen atoms in total. The van der Waals surface area contributed by atoms with Crippen LogP contribution in [0.1, 0.15) is 32.6 Å². The van der Waals surface area contributed by atoms with E-state index in [1.807, 2.05) is 25.1 Å². The fraction of sp³-hybridized carbons (Fsp3) is 0.227. The number of carbonyl (C=O) groups is 2. The molecule has 4 rings (SSSR count). The molecule has 0 fully saturated rings. The SMILES string of the molecule is CCSc1nnc2c(n1)O[C@H](c1cc(OC(C)=O)ccc1Cl)N(C(C)=O)c1ccccc1-2. The van der Waals surface area contributed by atoms with Gasteiger partial charge < -0.3 is 9.47 Å². The van der Waals surface area contributed by atoms with Gasteiger partial charge in [-0.05, 0) is 30.0 Å². The van der Waals surface area contributed by atoms with Crippen LogP contribution in [0.4, 0.5) is 5.69 Å². The van der Waals surface area contributed by atoms with Gasteiger partial charge in [-0.1, -0.05) is 48.5 Å². The van der Waals surface area contributed by atoms with Crippen molar-refractivity contribution in [3.05, 3.63) is 53.1 Å². The third-order valence-corrected chi connectivity index (χ3v) is 5.68. The lowest BCUT2D eigenvalue weighted by molar-refractivity contribution is -0.131. The summed E-state index contributed by atoms with van der Waals surface area (Å²) in [5, 5.41) is 9.32. The third-order valence-electron chi connectivity index (χ3n) is 4.62. The van der Waals surface area contributed by atoms with Crippen molar-refractivity contribution in [3.8, 4) is 22.9 Å². The standard InChI is InChI=1S/C22H19ClN4O4S/c1-4-32-22-24-20-19(25-26-22)15-7-5-6-8-18(15)27(12(2)28)21(31-20)16-11-14(30-13(3)29)9-10-17(16)23/h5-11,21H,4H2,1-3H3/t21-/m1/s1. The van der Waals surface area contributed by atoms with Crippen LogP contribution in [0.2, 0.25) is 5.02 Å². The van der Waals surface area contributed by atoms with Crippen molar-refractivity contribution < 1.29 is 19.1 Å². The molecular formula is C22H19ClN4O4S. The number of esters is 1. The molecule has 0 saturated heterocycles. The molecule has 2 heterocycles. The minimum Gasteiger partial charge on any atom is -0.447 e. The van der Waals surface area contributed by atoms with Crippen LogP contribution in [0.25, 0.3) is 11.3 Å². The number of carbonyl (C=O) groups excluding carboxylic acids is 2. The minimum atomic E-state index is -0.978. The second kappa shape index (κ2) is 9.13. The van der Waals surface area contributed by atoms with Crippen LogP contribution in [0.5, 0.6) is 11.6 Å². The normalized spacial score (nSPS) is 14.6. The van der Waals surface area contributed by atoms with Crippen LogP contribution in [0.15, 0.2) is 47.6 Å². The van der Waals surface area contributed by atoms with Crippen LogP contribution < -0.4 is 14.4 Å². The Hall–Kier alpha value is -3.17. The predicted octanol–water partition coefficient (Wildman–Crippen LogP) is 4.67. The Bertz CT molecular complexity index is 1210. The molecule has 1 aliphatic rings. The van der Waals surface area contributed by atoms with Gasteiger partial charge >= 0.3 is 5.97 Å². The number of para-hydroxylation sites is 1. The highest BCUT2D eigenvalue weighted by molar-refractivity contribution is 7.99. The molecular weight excluding hydrogens is 452 g/mol. The van der Waals surface area contributed by atoms with E-state index in [0.717, 1.165) is 5.75 Å². The first-order chi connectivity index (χ1) is 15.4. The zero-order chi connectivity index (χ0) is 22.8. The van der Waals surface area contributed by atoms with Gasteiger partial charge in [-0.15, -0.1) is 10.2 Å². The number of anilines is 1. The Morgan fingerprint density at radius 1 is 1.19 bits per heavy atom. The summed E-state index contributed by atoms with van der Waals surface area (Å²) in [6, 6.07) is 12.0. The molecule has 0 radical (unpaired) electrons. The Kier molecular flexibility index (Phi) is 6.29. The van der Waals surface area contributed by atoms with Crippen LogP contribution in [-0.2, 0) is 9.59 Å². The third kappa shape index (κ3) is 4.26. The summed E-state index contributed by atoms with van der Waals surface area (Å²) in [6.45, 7) is 4.72. The topological polar surface area (TPSA) is 94.5 Å². The van der Waals surface area contributed by atoms with Crippen LogP contribution in [0.3, 0.4) is 0 Å². The zero-order valence-corrected chi connectivity index (χ0v) is 19.1. The first kappa shape index (κ1) is 22.0. The summed E-state index contributed by atoms with van der Waals surface area (Å²) in [4.78, 5) is 30.3. The highest BCUT2D eigenvalue weighted by Gasteiger charge is 2.35. The number of halogens is 1. The molecule has 0 spiro atoms. The molecule has 10 heteroatoms. The van der Waals surface area contributed by atoms with Crippen LogP contribution in [-0.4, -0.2) is 32.8 Å². The number of thioether (sulfide) groups is 1. The molecule has 1 atom stereocenters. The van der Waals surface area contributed by atoms with Crippen molar-refractivity contribution in [2.75, 3.05) is 10.7 Å². The highest BCUT2D eigenvalue weighted by Crippen LogP contribution is 2.44. The molecule has 1 aliphatic heterocycles. The molecule has 2 aromatic carbocycles. The van der Waals surface area contributed by atoms with Crippen LogP contribution >= 0.6 is 23.4 Å². The van der Waals surface area contributed by atoms with E-state index in [9.17, 15) is 9.59 Å². The van der Waals surface area contributed by atoms with Gasteiger partial charge in [0.1, 0.15) is 5.75 Å². The maximum Gasteiger partial charge on any atom is 0.308 e. The van der Waals surface area contributed by atoms with Crippen molar-refractivity contribution in [1.82, 2.24) is 15.2 Å². The van der Waals surface area contributed by atoms with Crippen molar-refractivity contribution in [1.29, 1.82) is 0 Å². The van der Waals surface area contributed by atoms with Gasteiger partial charge in [-0.3, -0.25) is 14.5 Å². The lowest BCUT2D eigenvalue weighted by Crippen LogP contribution is -2.36. The van der Waals surface area contributed by atoms with Gasteiger partial charge in [-0.25, -0.2) is 0 Å². The molecule has 0 aliphatic carbocycles. The number of hydrogen-bond donors (Lipinski definition) is 0. The van der Waals surface area contributed by atoms with Crippen molar-refractivity contribution in [2.24, 2.45) is 0 Å². The lowest BCUT2D eigenvalue weighted by atomic mass is 10.1. The molecule has 32 heavy (non-hydrogen) atoms. The summed E-state index contributed by atoms with van der Waals surface area (Å²) >= 11 is 7.94. The second-order valence-corrected chi connectivity index (χ2v) is 8.47. The molecule has 0 saturated carbocycles. The predicted molar refractivity (Wildman–Crippen MR) is 121 cm³/mol. The summed E-state index contributed by atoms with van der Waals surface area (Å²) in [7, 11) is 0. The zero-order valence-electron chi connectivity index (χ0n) is 17.5. The molecule has 3 aromatic rings. The van der Waals surface area contributed by atoms with E-state index in [-0.39, 0.29) is 17.5 Å². The number of aromatic nitrogens is 3. The van der Waals surface area contributed by atoms with E-state index in [1.165, 1.54) is 30.5 Å². The quantitative estimate of drug-likeness (QED) is 0.308. The number of ether oxygens (including phenoxy) is 2. The Morgan fingerprint density at radius 3 is 2.69 bits per heavy atom. The van der Waals surface area contributed by atoms with E-state index in [2.05, 4.69) is 15.2 Å². The number of hydrogen-bond acceptors (Lipinski definition) is 8. The first-order valence-electron chi connectivity index (χ1n) is 9.80. The van der Waals surface area contributed by atoms with Gasteiger partial charge in [0.15, 0.2) is 5.69 Å². The van der Waals surface area contributed by atoms with Crippen molar-refractivity contribution in [3.63, 3.8) is 0 Å². The van der Waals surface area contributed by atoms with Gasteiger partial charge in [0.2, 0.25) is 23.2 Å².